The summed E-state index contributed by atoms with van der Waals surface area (Å²) in [5, 5.41) is 9.96. The molecule has 1 aliphatic rings. The lowest BCUT2D eigenvalue weighted by atomic mass is 10.2. The van der Waals surface area contributed by atoms with Crippen LogP contribution in [-0.4, -0.2) is 37.7 Å². The van der Waals surface area contributed by atoms with Crippen LogP contribution in [0.3, 0.4) is 0 Å². The second kappa shape index (κ2) is 6.84. The van der Waals surface area contributed by atoms with Crippen molar-refractivity contribution in [3.8, 4) is 11.5 Å². The first-order valence-corrected chi connectivity index (χ1v) is 9.72. The van der Waals surface area contributed by atoms with Gasteiger partial charge in [0, 0.05) is 12.0 Å². The molecule has 1 aromatic carbocycles. The second-order valence-electron chi connectivity index (χ2n) is 5.48. The second-order valence-corrected chi connectivity index (χ2v) is 8.31. The van der Waals surface area contributed by atoms with E-state index in [1.165, 1.54) is 6.07 Å². The molecule has 0 fully saturated rings. The van der Waals surface area contributed by atoms with Crippen molar-refractivity contribution in [2.45, 2.75) is 18.2 Å². The summed E-state index contributed by atoms with van der Waals surface area (Å²) in [5.74, 6) is 0.511. The van der Waals surface area contributed by atoms with Crippen molar-refractivity contribution < 1.29 is 22.7 Å². The average molecular weight is 384 g/mol. The maximum atomic E-state index is 12.4. The Hall–Kier alpha value is -2.40. The first-order chi connectivity index (χ1) is 11.8. The van der Waals surface area contributed by atoms with Crippen molar-refractivity contribution in [2.75, 3.05) is 23.3 Å². The van der Waals surface area contributed by atoms with E-state index < -0.39 is 10.0 Å². The third-order valence-corrected chi connectivity index (χ3v) is 5.77. The summed E-state index contributed by atoms with van der Waals surface area (Å²) in [6.07, 6.45) is 0. The zero-order chi connectivity index (χ0) is 18.0. The molecular formula is C14H16N4O5S2. The van der Waals surface area contributed by atoms with E-state index in [0.717, 1.165) is 11.3 Å². The molecule has 1 aromatic heterocycles. The minimum absolute atomic E-state index is 0.126. The van der Waals surface area contributed by atoms with Gasteiger partial charge in [-0.3, -0.25) is 9.52 Å². The van der Waals surface area contributed by atoms with Gasteiger partial charge in [0.2, 0.25) is 11.0 Å². The molecular weight excluding hydrogens is 368 g/mol. The van der Waals surface area contributed by atoms with Crippen LogP contribution >= 0.6 is 11.3 Å². The van der Waals surface area contributed by atoms with E-state index in [1.807, 2.05) is 0 Å². The maximum absolute atomic E-state index is 12.4. The molecule has 0 unspecified atom stereocenters. The molecule has 0 bridgehead atoms. The Morgan fingerprint density at radius 2 is 1.92 bits per heavy atom. The van der Waals surface area contributed by atoms with E-state index in [2.05, 4.69) is 20.2 Å². The molecule has 0 saturated carbocycles. The highest BCUT2D eigenvalue weighted by atomic mass is 32.2. The van der Waals surface area contributed by atoms with Gasteiger partial charge in [0.15, 0.2) is 11.5 Å². The average Bonchev–Trinajstić information content (AvgIpc) is 3.04. The summed E-state index contributed by atoms with van der Waals surface area (Å²) in [5.41, 5.74) is 0.312. The number of aromatic nitrogens is 2. The van der Waals surface area contributed by atoms with Crippen molar-refractivity contribution >= 4 is 38.1 Å². The molecule has 9 nitrogen and oxygen atoms in total. The lowest BCUT2D eigenvalue weighted by Crippen LogP contribution is -2.17. The van der Waals surface area contributed by atoms with Crippen molar-refractivity contribution in [1.82, 2.24) is 10.2 Å². The summed E-state index contributed by atoms with van der Waals surface area (Å²) in [6, 6.07) is 4.73. The topological polar surface area (TPSA) is 120 Å². The highest BCUT2D eigenvalue weighted by Gasteiger charge is 2.22. The molecule has 0 atom stereocenters. The molecule has 0 radical (unpaired) electrons. The number of rotatable bonds is 5. The number of carbonyl (C=O) groups is 1. The van der Waals surface area contributed by atoms with Crippen LogP contribution in [0.5, 0.6) is 11.5 Å². The van der Waals surface area contributed by atoms with Crippen LogP contribution in [0, 0.1) is 5.92 Å². The Morgan fingerprint density at radius 1 is 1.20 bits per heavy atom. The Kier molecular flexibility index (Phi) is 4.77. The number of hydrogen-bond acceptors (Lipinski definition) is 8. The van der Waals surface area contributed by atoms with Crippen LogP contribution < -0.4 is 19.5 Å². The van der Waals surface area contributed by atoms with Gasteiger partial charge in [-0.1, -0.05) is 25.2 Å². The molecule has 3 rings (SSSR count). The predicted octanol–water partition coefficient (Wildman–Crippen LogP) is 1.70. The van der Waals surface area contributed by atoms with Gasteiger partial charge in [0.05, 0.1) is 5.69 Å². The molecule has 2 N–H and O–H groups in total. The van der Waals surface area contributed by atoms with Crippen LogP contribution in [0.25, 0.3) is 0 Å². The van der Waals surface area contributed by atoms with E-state index in [4.69, 9.17) is 9.47 Å². The lowest BCUT2D eigenvalue weighted by molar-refractivity contribution is -0.118. The summed E-state index contributed by atoms with van der Waals surface area (Å²) in [6.45, 7) is 4.29. The van der Waals surface area contributed by atoms with E-state index in [1.54, 1.807) is 26.0 Å². The minimum atomic E-state index is -3.93. The van der Waals surface area contributed by atoms with Crippen molar-refractivity contribution in [1.29, 1.82) is 0 Å². The van der Waals surface area contributed by atoms with Gasteiger partial charge in [-0.25, -0.2) is 0 Å². The summed E-state index contributed by atoms with van der Waals surface area (Å²) >= 11 is 0.773. The highest BCUT2D eigenvalue weighted by Crippen LogP contribution is 2.33. The number of amides is 1. The SMILES string of the molecule is CC(C)C(=O)Nc1nnc(S(=O)(=O)Nc2ccc3c(c2)OCCO3)s1. The Morgan fingerprint density at radius 3 is 2.64 bits per heavy atom. The molecule has 0 spiro atoms. The van der Waals surface area contributed by atoms with Crippen LogP contribution in [0.1, 0.15) is 13.8 Å². The van der Waals surface area contributed by atoms with Crippen LogP contribution in [0.4, 0.5) is 10.8 Å². The predicted molar refractivity (Wildman–Crippen MR) is 91.6 cm³/mol. The molecule has 2 aromatic rings. The number of anilines is 2. The standard InChI is InChI=1S/C14H16N4O5S2/c1-8(2)12(19)15-13-16-17-14(24-13)25(20,21)18-9-3-4-10-11(7-9)23-6-5-22-10/h3-4,7-8,18H,5-6H2,1-2H3,(H,15,16,19). The number of fused-ring (bicyclic) bond motifs is 1. The normalized spacial score (nSPS) is 13.6. The van der Waals surface area contributed by atoms with Crippen molar-refractivity contribution in [3.05, 3.63) is 18.2 Å². The van der Waals surface area contributed by atoms with E-state index in [9.17, 15) is 13.2 Å². The lowest BCUT2D eigenvalue weighted by Gasteiger charge is -2.18. The first-order valence-electron chi connectivity index (χ1n) is 7.42. The third kappa shape index (κ3) is 3.99. The number of nitrogens with one attached hydrogen (secondary N) is 2. The van der Waals surface area contributed by atoms with E-state index >= 15 is 0 Å². The molecule has 0 saturated heterocycles. The Balaban J connectivity index is 1.76. The Labute approximate surface area is 148 Å². The summed E-state index contributed by atoms with van der Waals surface area (Å²) in [4.78, 5) is 11.6. The monoisotopic (exact) mass is 384 g/mol. The molecule has 0 aliphatic carbocycles. The molecule has 11 heteroatoms. The first kappa shape index (κ1) is 17.4. The van der Waals surface area contributed by atoms with Crippen molar-refractivity contribution in [2.24, 2.45) is 5.92 Å². The number of nitrogens with zero attached hydrogens (tertiary/aromatic N) is 2. The zero-order valence-corrected chi connectivity index (χ0v) is 15.1. The highest BCUT2D eigenvalue weighted by molar-refractivity contribution is 7.94. The third-order valence-electron chi connectivity index (χ3n) is 3.19. The van der Waals surface area contributed by atoms with Crippen molar-refractivity contribution in [3.63, 3.8) is 0 Å². The van der Waals surface area contributed by atoms with Crippen LogP contribution in [0.2, 0.25) is 0 Å². The van der Waals surface area contributed by atoms with Gasteiger partial charge in [0.25, 0.3) is 14.4 Å². The molecule has 1 amide bonds. The van der Waals surface area contributed by atoms with Gasteiger partial charge in [-0.2, -0.15) is 8.42 Å². The minimum Gasteiger partial charge on any atom is -0.486 e. The van der Waals surface area contributed by atoms with Crippen LogP contribution in [-0.2, 0) is 14.8 Å². The molecule has 134 valence electrons. The van der Waals surface area contributed by atoms with Gasteiger partial charge in [-0.15, -0.1) is 10.2 Å². The fourth-order valence-electron chi connectivity index (χ4n) is 1.92. The summed E-state index contributed by atoms with van der Waals surface area (Å²) < 4.78 is 37.8. The molecule has 2 heterocycles. The van der Waals surface area contributed by atoms with E-state index in [-0.39, 0.29) is 21.3 Å². The van der Waals surface area contributed by atoms with Gasteiger partial charge in [-0.05, 0) is 12.1 Å². The largest absolute Gasteiger partial charge is 0.486 e. The van der Waals surface area contributed by atoms with E-state index in [0.29, 0.717) is 30.4 Å². The molecule has 25 heavy (non-hydrogen) atoms. The summed E-state index contributed by atoms with van der Waals surface area (Å²) in [7, 11) is -3.93. The molecule has 1 aliphatic heterocycles. The smallest absolute Gasteiger partial charge is 0.291 e. The quantitative estimate of drug-likeness (QED) is 0.753. The fourth-order valence-corrected chi connectivity index (χ4v) is 3.88. The van der Waals surface area contributed by atoms with Gasteiger partial charge >= 0.3 is 0 Å². The number of benzene rings is 1. The number of carbonyl (C=O) groups excluding carboxylic acids is 1. The maximum Gasteiger partial charge on any atom is 0.291 e. The number of hydrogen-bond donors (Lipinski definition) is 2. The zero-order valence-electron chi connectivity index (χ0n) is 13.5. The van der Waals surface area contributed by atoms with Gasteiger partial charge in [0.1, 0.15) is 13.2 Å². The van der Waals surface area contributed by atoms with Gasteiger partial charge < -0.3 is 14.8 Å². The Bertz CT molecular complexity index is 894. The number of ether oxygens (including phenoxy) is 2. The fraction of sp³-hybridized carbons (Fsp3) is 0.357. The van der Waals surface area contributed by atoms with Crippen LogP contribution in [0.15, 0.2) is 22.5 Å². The number of sulfonamides is 1.